The molecule has 8 heteroatoms. The molecule has 0 radical (unpaired) electrons. The standard InChI is InChI=1S/C21H20N2O5S/c1-12-8-20(25)28-17-10-18(27-3)16(9-15(12)17)22-23-19(24)11-29-21(23)13-4-6-14(26-2)7-5-13/h4-10,21-22H,11H2,1-3H3. The number of benzene rings is 2. The predicted octanol–water partition coefficient (Wildman–Crippen LogP) is 3.72. The average molecular weight is 412 g/mol. The van der Waals surface area contributed by atoms with Gasteiger partial charge in [0.2, 0.25) is 0 Å². The number of anilines is 1. The first kappa shape index (κ1) is 19.2. The number of hydrogen-bond acceptors (Lipinski definition) is 7. The topological polar surface area (TPSA) is 81.0 Å². The van der Waals surface area contributed by atoms with Crippen LogP contribution in [0.25, 0.3) is 11.0 Å². The fraction of sp³-hybridized carbons (Fsp3) is 0.238. The highest BCUT2D eigenvalue weighted by Crippen LogP contribution is 2.41. The first-order valence-electron chi connectivity index (χ1n) is 8.97. The molecule has 1 aliphatic heterocycles. The second-order valence-electron chi connectivity index (χ2n) is 6.61. The van der Waals surface area contributed by atoms with E-state index in [9.17, 15) is 9.59 Å². The third-order valence-corrected chi connectivity index (χ3v) is 5.99. The first-order chi connectivity index (χ1) is 14.0. The van der Waals surface area contributed by atoms with Gasteiger partial charge in [0.1, 0.15) is 22.5 Å². The van der Waals surface area contributed by atoms with Gasteiger partial charge < -0.3 is 13.9 Å². The number of aryl methyl sites for hydroxylation is 1. The molecule has 1 atom stereocenters. The number of methoxy groups -OCH3 is 2. The summed E-state index contributed by atoms with van der Waals surface area (Å²) in [4.78, 5) is 24.2. The van der Waals surface area contributed by atoms with E-state index in [-0.39, 0.29) is 11.3 Å². The van der Waals surface area contributed by atoms with E-state index in [0.717, 1.165) is 22.3 Å². The molecule has 29 heavy (non-hydrogen) atoms. The third kappa shape index (κ3) is 3.63. The molecule has 0 bridgehead atoms. The minimum absolute atomic E-state index is 0.0331. The molecular formula is C21H20N2O5S. The number of hydrogen-bond donors (Lipinski definition) is 1. The lowest BCUT2D eigenvalue weighted by molar-refractivity contribution is -0.126. The summed E-state index contributed by atoms with van der Waals surface area (Å²) in [5, 5.41) is 2.18. The van der Waals surface area contributed by atoms with E-state index in [1.165, 1.54) is 24.9 Å². The van der Waals surface area contributed by atoms with Crippen molar-refractivity contribution in [3.8, 4) is 11.5 Å². The van der Waals surface area contributed by atoms with Crippen molar-refractivity contribution in [2.45, 2.75) is 12.3 Å². The molecule has 0 saturated carbocycles. The zero-order valence-electron chi connectivity index (χ0n) is 16.2. The van der Waals surface area contributed by atoms with Crippen LogP contribution in [-0.2, 0) is 4.79 Å². The van der Waals surface area contributed by atoms with Gasteiger partial charge in [0.05, 0.1) is 25.7 Å². The summed E-state index contributed by atoms with van der Waals surface area (Å²) in [6.07, 6.45) is 0. The Morgan fingerprint density at radius 3 is 2.55 bits per heavy atom. The number of fused-ring (bicyclic) bond motifs is 1. The van der Waals surface area contributed by atoms with E-state index in [1.54, 1.807) is 18.2 Å². The molecule has 2 heterocycles. The third-order valence-electron chi connectivity index (χ3n) is 4.78. The summed E-state index contributed by atoms with van der Waals surface area (Å²) in [7, 11) is 3.15. The molecule has 3 aromatic rings. The summed E-state index contributed by atoms with van der Waals surface area (Å²) >= 11 is 1.54. The molecule has 1 unspecified atom stereocenters. The monoisotopic (exact) mass is 412 g/mol. The largest absolute Gasteiger partial charge is 0.497 e. The van der Waals surface area contributed by atoms with Crippen LogP contribution in [0.1, 0.15) is 16.5 Å². The Balaban J connectivity index is 1.71. The quantitative estimate of drug-likeness (QED) is 0.640. The molecular weight excluding hydrogens is 392 g/mol. The minimum atomic E-state index is -0.413. The van der Waals surface area contributed by atoms with Crippen LogP contribution < -0.4 is 20.5 Å². The van der Waals surface area contributed by atoms with E-state index in [4.69, 9.17) is 13.9 Å². The van der Waals surface area contributed by atoms with E-state index < -0.39 is 5.63 Å². The maximum atomic E-state index is 12.6. The molecule has 1 saturated heterocycles. The number of amides is 1. The van der Waals surface area contributed by atoms with Gasteiger partial charge in [-0.05, 0) is 36.2 Å². The van der Waals surface area contributed by atoms with Crippen molar-refractivity contribution in [1.82, 2.24) is 5.01 Å². The fourth-order valence-electron chi connectivity index (χ4n) is 3.29. The molecule has 1 aliphatic rings. The van der Waals surface area contributed by atoms with E-state index in [2.05, 4.69) is 5.43 Å². The van der Waals surface area contributed by atoms with Crippen LogP contribution in [0, 0.1) is 6.92 Å². The Morgan fingerprint density at radius 1 is 1.10 bits per heavy atom. The van der Waals surface area contributed by atoms with Crippen molar-refractivity contribution < 1.29 is 18.7 Å². The van der Waals surface area contributed by atoms with Gasteiger partial charge >= 0.3 is 5.63 Å². The number of carbonyl (C=O) groups is 1. The normalized spacial score (nSPS) is 16.3. The maximum absolute atomic E-state index is 12.6. The van der Waals surface area contributed by atoms with Crippen molar-refractivity contribution >= 4 is 34.3 Å². The average Bonchev–Trinajstić information content (AvgIpc) is 3.08. The highest BCUT2D eigenvalue weighted by atomic mass is 32.2. The number of thioether (sulfide) groups is 1. The van der Waals surface area contributed by atoms with Gasteiger partial charge in [0.15, 0.2) is 0 Å². The molecule has 0 aliphatic carbocycles. The van der Waals surface area contributed by atoms with Gasteiger partial charge in [-0.3, -0.25) is 10.2 Å². The summed E-state index contributed by atoms with van der Waals surface area (Å²) in [5.41, 5.74) is 5.62. The Hall–Kier alpha value is -3.13. The van der Waals surface area contributed by atoms with Crippen LogP contribution in [0.4, 0.5) is 5.69 Å². The maximum Gasteiger partial charge on any atom is 0.336 e. The number of carbonyl (C=O) groups excluding carboxylic acids is 1. The van der Waals surface area contributed by atoms with Gasteiger partial charge in [-0.25, -0.2) is 9.80 Å². The van der Waals surface area contributed by atoms with Crippen LogP contribution in [0.3, 0.4) is 0 Å². The SMILES string of the molecule is COc1ccc(C2SCC(=O)N2Nc2cc3c(C)cc(=O)oc3cc2OC)cc1. The molecule has 1 N–H and O–H groups in total. The molecule has 7 nitrogen and oxygen atoms in total. The van der Waals surface area contributed by atoms with Crippen LogP contribution in [0.15, 0.2) is 51.7 Å². The Labute approximate surface area is 171 Å². The Bertz CT molecular complexity index is 1130. The predicted molar refractivity (Wildman–Crippen MR) is 112 cm³/mol. The summed E-state index contributed by atoms with van der Waals surface area (Å²) < 4.78 is 16.0. The number of nitrogens with one attached hydrogen (secondary N) is 1. The van der Waals surface area contributed by atoms with E-state index in [0.29, 0.717) is 22.8 Å². The molecule has 2 aromatic carbocycles. The summed E-state index contributed by atoms with van der Waals surface area (Å²) in [5.74, 6) is 1.57. The highest BCUT2D eigenvalue weighted by Gasteiger charge is 2.34. The zero-order valence-corrected chi connectivity index (χ0v) is 17.0. The van der Waals surface area contributed by atoms with Gasteiger partial charge in [-0.15, -0.1) is 11.8 Å². The van der Waals surface area contributed by atoms with Crippen molar-refractivity contribution in [1.29, 1.82) is 0 Å². The van der Waals surface area contributed by atoms with Crippen molar-refractivity contribution in [3.05, 3.63) is 64.0 Å². The van der Waals surface area contributed by atoms with Crippen LogP contribution >= 0.6 is 11.8 Å². The van der Waals surface area contributed by atoms with E-state index >= 15 is 0 Å². The zero-order chi connectivity index (χ0) is 20.5. The second kappa shape index (κ2) is 7.71. The minimum Gasteiger partial charge on any atom is -0.497 e. The van der Waals surface area contributed by atoms with Gasteiger partial charge in [0, 0.05) is 17.5 Å². The number of hydrazine groups is 1. The lowest BCUT2D eigenvalue weighted by atomic mass is 10.1. The molecule has 150 valence electrons. The van der Waals surface area contributed by atoms with Crippen molar-refractivity contribution in [3.63, 3.8) is 0 Å². The highest BCUT2D eigenvalue weighted by molar-refractivity contribution is 8.00. The summed E-state index contributed by atoms with van der Waals surface area (Å²) in [6, 6.07) is 12.6. The second-order valence-corrected chi connectivity index (χ2v) is 7.68. The lowest BCUT2D eigenvalue weighted by Gasteiger charge is -2.26. The van der Waals surface area contributed by atoms with Crippen LogP contribution in [-0.4, -0.2) is 30.9 Å². The van der Waals surface area contributed by atoms with Gasteiger partial charge in [-0.1, -0.05) is 12.1 Å². The number of rotatable bonds is 5. The van der Waals surface area contributed by atoms with Crippen molar-refractivity contribution in [2.24, 2.45) is 0 Å². The molecule has 1 aromatic heterocycles. The Kier molecular flexibility index (Phi) is 5.10. The van der Waals surface area contributed by atoms with Crippen LogP contribution in [0.2, 0.25) is 0 Å². The lowest BCUT2D eigenvalue weighted by Crippen LogP contribution is -2.34. The van der Waals surface area contributed by atoms with E-state index in [1.807, 2.05) is 37.3 Å². The Morgan fingerprint density at radius 2 is 1.86 bits per heavy atom. The van der Waals surface area contributed by atoms with Gasteiger partial charge in [-0.2, -0.15) is 0 Å². The molecule has 4 rings (SSSR count). The summed E-state index contributed by atoms with van der Waals surface area (Å²) in [6.45, 7) is 1.84. The van der Waals surface area contributed by atoms with Crippen molar-refractivity contribution in [2.75, 3.05) is 25.4 Å². The molecule has 1 fully saturated rings. The fourth-order valence-corrected chi connectivity index (χ4v) is 4.40. The molecule has 1 amide bonds. The molecule has 0 spiro atoms. The number of ether oxygens (including phenoxy) is 2. The first-order valence-corrected chi connectivity index (χ1v) is 10.0. The number of nitrogens with zero attached hydrogens (tertiary/aromatic N) is 1. The van der Waals surface area contributed by atoms with Crippen LogP contribution in [0.5, 0.6) is 11.5 Å². The van der Waals surface area contributed by atoms with Gasteiger partial charge in [0.25, 0.3) is 5.91 Å². The smallest absolute Gasteiger partial charge is 0.336 e.